The fraction of sp³-hybridized carbons (Fsp3) is 0.160. The second kappa shape index (κ2) is 9.86. The van der Waals surface area contributed by atoms with E-state index in [0.717, 1.165) is 11.1 Å². The minimum Gasteiger partial charge on any atom is -0.339 e. The first-order valence-electron chi connectivity index (χ1n) is 10.5. The molecular formula is C25H22N4O4. The molecule has 0 bridgehead atoms. The molecule has 4 aromatic rings. The molecule has 0 N–H and O–H groups in total. The molecule has 4 rings (SSSR count). The van der Waals surface area contributed by atoms with Crippen molar-refractivity contribution in [1.82, 2.24) is 15.0 Å². The van der Waals surface area contributed by atoms with Crippen LogP contribution in [0.4, 0.5) is 5.69 Å². The lowest BCUT2D eigenvalue weighted by Gasteiger charge is -2.29. The zero-order valence-corrected chi connectivity index (χ0v) is 18.0. The molecule has 0 saturated carbocycles. The first kappa shape index (κ1) is 21.9. The maximum Gasteiger partial charge on any atom is 0.270 e. The van der Waals surface area contributed by atoms with E-state index in [1.165, 1.54) is 18.2 Å². The standard InChI is InChI=1S/C25H22N4O4/c1-18(19-9-4-2-5-10-19)28(25(30)21-13-8-14-22(17-21)29(31)32)16-15-23-26-24(27-33-23)20-11-6-3-7-12-20/h2-14,17-18H,15-16H2,1H3. The second-order valence-corrected chi connectivity index (χ2v) is 7.52. The van der Waals surface area contributed by atoms with Gasteiger partial charge in [0.05, 0.1) is 11.0 Å². The monoisotopic (exact) mass is 442 g/mol. The Morgan fingerprint density at radius 2 is 1.73 bits per heavy atom. The van der Waals surface area contributed by atoms with Crippen LogP contribution in [0.5, 0.6) is 0 Å². The Bertz CT molecular complexity index is 1240. The molecule has 1 atom stereocenters. The summed E-state index contributed by atoms with van der Waals surface area (Å²) >= 11 is 0. The summed E-state index contributed by atoms with van der Waals surface area (Å²) in [4.78, 5) is 30.2. The molecule has 0 aliphatic rings. The zero-order valence-electron chi connectivity index (χ0n) is 18.0. The number of carbonyl (C=O) groups is 1. The van der Waals surface area contributed by atoms with Crippen molar-refractivity contribution in [3.63, 3.8) is 0 Å². The molecule has 0 fully saturated rings. The average Bonchev–Trinajstić information content (AvgIpc) is 3.34. The summed E-state index contributed by atoms with van der Waals surface area (Å²) in [7, 11) is 0. The molecule has 8 heteroatoms. The number of aromatic nitrogens is 2. The number of hydrogen-bond acceptors (Lipinski definition) is 6. The Morgan fingerprint density at radius 1 is 1.03 bits per heavy atom. The van der Waals surface area contributed by atoms with Crippen LogP contribution < -0.4 is 0 Å². The predicted molar refractivity (Wildman–Crippen MR) is 122 cm³/mol. The highest BCUT2D eigenvalue weighted by molar-refractivity contribution is 5.95. The van der Waals surface area contributed by atoms with Crippen LogP contribution in [0.15, 0.2) is 89.5 Å². The third-order valence-electron chi connectivity index (χ3n) is 5.38. The topological polar surface area (TPSA) is 102 Å². The molecule has 0 aliphatic carbocycles. The summed E-state index contributed by atoms with van der Waals surface area (Å²) in [5.74, 6) is 0.585. The van der Waals surface area contributed by atoms with E-state index >= 15 is 0 Å². The van der Waals surface area contributed by atoms with E-state index in [0.29, 0.717) is 24.7 Å². The van der Waals surface area contributed by atoms with E-state index in [9.17, 15) is 14.9 Å². The van der Waals surface area contributed by atoms with E-state index in [2.05, 4.69) is 10.1 Å². The van der Waals surface area contributed by atoms with Crippen LogP contribution in [0.25, 0.3) is 11.4 Å². The Labute approximate surface area is 190 Å². The second-order valence-electron chi connectivity index (χ2n) is 7.52. The number of amides is 1. The number of rotatable bonds is 8. The van der Waals surface area contributed by atoms with Gasteiger partial charge in [0.15, 0.2) is 0 Å². The van der Waals surface area contributed by atoms with Gasteiger partial charge in [0, 0.05) is 36.2 Å². The Balaban J connectivity index is 1.58. The lowest BCUT2D eigenvalue weighted by Crippen LogP contribution is -2.35. The highest BCUT2D eigenvalue weighted by Gasteiger charge is 2.25. The molecule has 1 heterocycles. The average molecular weight is 442 g/mol. The molecular weight excluding hydrogens is 420 g/mol. The van der Waals surface area contributed by atoms with Crippen molar-refractivity contribution in [3.05, 3.63) is 112 Å². The maximum absolute atomic E-state index is 13.4. The number of non-ortho nitro benzene ring substituents is 1. The molecule has 166 valence electrons. The van der Waals surface area contributed by atoms with Gasteiger partial charge < -0.3 is 9.42 Å². The number of carbonyl (C=O) groups excluding carboxylic acids is 1. The summed E-state index contributed by atoms with van der Waals surface area (Å²) in [6, 6.07) is 24.6. The van der Waals surface area contributed by atoms with Gasteiger partial charge in [0.25, 0.3) is 11.6 Å². The van der Waals surface area contributed by atoms with Crippen molar-refractivity contribution >= 4 is 11.6 Å². The molecule has 8 nitrogen and oxygen atoms in total. The van der Waals surface area contributed by atoms with Gasteiger partial charge in [0.1, 0.15) is 0 Å². The van der Waals surface area contributed by atoms with Gasteiger partial charge in [-0.15, -0.1) is 0 Å². The van der Waals surface area contributed by atoms with Crippen molar-refractivity contribution in [3.8, 4) is 11.4 Å². The van der Waals surface area contributed by atoms with Crippen molar-refractivity contribution in [2.45, 2.75) is 19.4 Å². The Kier molecular flexibility index (Phi) is 6.54. The first-order valence-corrected chi connectivity index (χ1v) is 10.5. The fourth-order valence-electron chi connectivity index (χ4n) is 3.58. The number of hydrogen-bond donors (Lipinski definition) is 0. The van der Waals surface area contributed by atoms with Gasteiger partial charge >= 0.3 is 0 Å². The van der Waals surface area contributed by atoms with E-state index in [1.807, 2.05) is 67.6 Å². The fourth-order valence-corrected chi connectivity index (χ4v) is 3.58. The highest BCUT2D eigenvalue weighted by atomic mass is 16.6. The van der Waals surface area contributed by atoms with Gasteiger partial charge in [0.2, 0.25) is 11.7 Å². The first-order chi connectivity index (χ1) is 16.0. The lowest BCUT2D eigenvalue weighted by atomic mass is 10.0. The molecule has 3 aromatic carbocycles. The zero-order chi connectivity index (χ0) is 23.2. The van der Waals surface area contributed by atoms with Crippen LogP contribution in [-0.2, 0) is 6.42 Å². The van der Waals surface area contributed by atoms with E-state index in [-0.39, 0.29) is 23.2 Å². The Hall–Kier alpha value is -4.33. The van der Waals surface area contributed by atoms with E-state index < -0.39 is 4.92 Å². The molecule has 0 aliphatic heterocycles. The van der Waals surface area contributed by atoms with Crippen molar-refractivity contribution in [1.29, 1.82) is 0 Å². The van der Waals surface area contributed by atoms with Crippen LogP contribution in [0, 0.1) is 10.1 Å². The summed E-state index contributed by atoms with van der Waals surface area (Å²) in [6.07, 6.45) is 0.345. The molecule has 0 saturated heterocycles. The molecule has 0 radical (unpaired) electrons. The van der Waals surface area contributed by atoms with Gasteiger partial charge in [-0.3, -0.25) is 14.9 Å². The quantitative estimate of drug-likeness (QED) is 0.278. The van der Waals surface area contributed by atoms with E-state index in [1.54, 1.807) is 11.0 Å². The van der Waals surface area contributed by atoms with Crippen LogP contribution in [0.1, 0.15) is 34.8 Å². The number of benzene rings is 3. The summed E-state index contributed by atoms with van der Waals surface area (Å²) in [6.45, 7) is 2.22. The maximum atomic E-state index is 13.4. The van der Waals surface area contributed by atoms with Crippen molar-refractivity contribution in [2.75, 3.05) is 6.54 Å². The SMILES string of the molecule is CC(c1ccccc1)N(CCc1nc(-c2ccccc2)no1)C(=O)c1cccc([N+](=O)[O-])c1. The van der Waals surface area contributed by atoms with Crippen LogP contribution in [-0.4, -0.2) is 32.4 Å². The van der Waals surface area contributed by atoms with Crippen molar-refractivity contribution in [2.24, 2.45) is 0 Å². The molecule has 33 heavy (non-hydrogen) atoms. The largest absolute Gasteiger partial charge is 0.339 e. The van der Waals surface area contributed by atoms with Crippen molar-refractivity contribution < 1.29 is 14.2 Å². The van der Waals surface area contributed by atoms with Crippen LogP contribution in [0.2, 0.25) is 0 Å². The number of nitro benzene ring substituents is 1. The highest BCUT2D eigenvalue weighted by Crippen LogP contribution is 2.24. The van der Waals surface area contributed by atoms with Crippen LogP contribution in [0.3, 0.4) is 0 Å². The summed E-state index contributed by atoms with van der Waals surface area (Å²) in [5.41, 5.74) is 1.92. The number of nitro groups is 1. The summed E-state index contributed by atoms with van der Waals surface area (Å²) in [5, 5.41) is 15.2. The smallest absolute Gasteiger partial charge is 0.270 e. The van der Waals surface area contributed by atoms with Gasteiger partial charge in [-0.05, 0) is 18.6 Å². The minimum atomic E-state index is -0.509. The molecule has 1 amide bonds. The van der Waals surface area contributed by atoms with Gasteiger partial charge in [-0.2, -0.15) is 4.98 Å². The van der Waals surface area contributed by atoms with Gasteiger partial charge in [-0.25, -0.2) is 0 Å². The van der Waals surface area contributed by atoms with Crippen LogP contribution >= 0.6 is 0 Å². The predicted octanol–water partition coefficient (Wildman–Crippen LogP) is 5.09. The van der Waals surface area contributed by atoms with E-state index in [4.69, 9.17) is 4.52 Å². The normalized spacial score (nSPS) is 11.7. The lowest BCUT2D eigenvalue weighted by molar-refractivity contribution is -0.384. The van der Waals surface area contributed by atoms with Gasteiger partial charge in [-0.1, -0.05) is 71.9 Å². The number of nitrogens with zero attached hydrogens (tertiary/aromatic N) is 4. The molecule has 1 unspecified atom stereocenters. The molecule has 1 aromatic heterocycles. The minimum absolute atomic E-state index is 0.127. The summed E-state index contributed by atoms with van der Waals surface area (Å²) < 4.78 is 5.40. The third-order valence-corrected chi connectivity index (χ3v) is 5.38. The Morgan fingerprint density at radius 3 is 2.42 bits per heavy atom. The molecule has 0 spiro atoms. The third kappa shape index (κ3) is 5.12.